The van der Waals surface area contributed by atoms with Crippen LogP contribution in [0.1, 0.15) is 45.4 Å². The van der Waals surface area contributed by atoms with Crippen LogP contribution in [0.5, 0.6) is 0 Å². The molecule has 0 saturated heterocycles. The Kier molecular flexibility index (Phi) is 4.57. The summed E-state index contributed by atoms with van der Waals surface area (Å²) in [5, 5.41) is 2.60. The van der Waals surface area contributed by atoms with Crippen LogP contribution in [0, 0.1) is 0 Å². The molecule has 1 atom stereocenters. The van der Waals surface area contributed by atoms with Gasteiger partial charge in [-0.25, -0.2) is 0 Å². The normalized spacial score (nSPS) is 18.3. The van der Waals surface area contributed by atoms with Crippen molar-refractivity contribution in [1.29, 1.82) is 0 Å². The van der Waals surface area contributed by atoms with Gasteiger partial charge in [-0.15, -0.1) is 11.6 Å². The lowest BCUT2D eigenvalue weighted by atomic mass is 10.1. The van der Waals surface area contributed by atoms with Gasteiger partial charge in [-0.1, -0.05) is 26.2 Å². The van der Waals surface area contributed by atoms with Crippen molar-refractivity contribution in [2.45, 2.75) is 56.9 Å². The van der Waals surface area contributed by atoms with E-state index in [1.165, 1.54) is 12.8 Å². The molecule has 0 aromatic carbocycles. The van der Waals surface area contributed by atoms with Gasteiger partial charge in [0, 0.05) is 6.04 Å². The number of hydrogen-bond acceptors (Lipinski definition) is 1. The van der Waals surface area contributed by atoms with Gasteiger partial charge in [-0.2, -0.15) is 0 Å². The van der Waals surface area contributed by atoms with E-state index < -0.39 is 0 Å². The predicted octanol–water partition coefficient (Wildman–Crippen LogP) is 2.45. The van der Waals surface area contributed by atoms with Crippen molar-refractivity contribution in [3.63, 3.8) is 0 Å². The topological polar surface area (TPSA) is 29.1 Å². The molecule has 0 aliphatic heterocycles. The average Bonchev–Trinajstić information content (AvgIpc) is 2.88. The van der Waals surface area contributed by atoms with Crippen molar-refractivity contribution in [3.8, 4) is 0 Å². The average molecular weight is 204 g/mol. The smallest absolute Gasteiger partial charge is 0.238 e. The van der Waals surface area contributed by atoms with Gasteiger partial charge in [0.05, 0.1) is 0 Å². The second-order valence-corrected chi connectivity index (χ2v) is 4.27. The maximum absolute atomic E-state index is 11.3. The van der Waals surface area contributed by atoms with Crippen molar-refractivity contribution < 1.29 is 4.79 Å². The van der Waals surface area contributed by atoms with Crippen LogP contribution >= 0.6 is 11.6 Å². The number of nitrogens with one attached hydrogen (secondary N) is 1. The largest absolute Gasteiger partial charge is 0.352 e. The Bertz CT molecular complexity index is 168. The van der Waals surface area contributed by atoms with Crippen molar-refractivity contribution >= 4 is 17.5 Å². The second kappa shape index (κ2) is 5.48. The van der Waals surface area contributed by atoms with Crippen LogP contribution in [0.4, 0.5) is 0 Å². The zero-order valence-electron chi connectivity index (χ0n) is 8.18. The van der Waals surface area contributed by atoms with Crippen molar-refractivity contribution in [3.05, 3.63) is 0 Å². The predicted molar refractivity (Wildman–Crippen MR) is 54.9 cm³/mol. The van der Waals surface area contributed by atoms with E-state index in [2.05, 4.69) is 12.2 Å². The van der Waals surface area contributed by atoms with Crippen LogP contribution in [0.15, 0.2) is 0 Å². The molecule has 13 heavy (non-hydrogen) atoms. The number of rotatable bonds is 6. The third-order valence-electron chi connectivity index (χ3n) is 2.27. The van der Waals surface area contributed by atoms with Crippen LogP contribution in [-0.4, -0.2) is 17.3 Å². The Morgan fingerprint density at radius 3 is 2.77 bits per heavy atom. The van der Waals surface area contributed by atoms with Gasteiger partial charge in [0.15, 0.2) is 0 Å². The highest BCUT2D eigenvalue weighted by Crippen LogP contribution is 2.20. The van der Waals surface area contributed by atoms with Crippen LogP contribution < -0.4 is 5.32 Å². The number of halogens is 1. The van der Waals surface area contributed by atoms with Crippen molar-refractivity contribution in [1.82, 2.24) is 5.32 Å². The first-order chi connectivity index (χ1) is 6.24. The van der Waals surface area contributed by atoms with Gasteiger partial charge >= 0.3 is 0 Å². The minimum absolute atomic E-state index is 0.0280. The molecule has 1 N–H and O–H groups in total. The lowest BCUT2D eigenvalue weighted by molar-refractivity contribution is -0.121. The van der Waals surface area contributed by atoms with Crippen LogP contribution in [0.25, 0.3) is 0 Å². The van der Waals surface area contributed by atoms with E-state index in [0.717, 1.165) is 25.7 Å². The van der Waals surface area contributed by atoms with Crippen molar-refractivity contribution in [2.75, 3.05) is 0 Å². The molecule has 0 bridgehead atoms. The Morgan fingerprint density at radius 2 is 2.23 bits per heavy atom. The zero-order valence-corrected chi connectivity index (χ0v) is 8.94. The summed E-state index contributed by atoms with van der Waals surface area (Å²) in [6, 6.07) is 0.430. The van der Waals surface area contributed by atoms with E-state index in [4.69, 9.17) is 11.6 Å². The highest BCUT2D eigenvalue weighted by atomic mass is 35.5. The maximum atomic E-state index is 11.3. The van der Waals surface area contributed by atoms with E-state index in [1.54, 1.807) is 0 Å². The van der Waals surface area contributed by atoms with Gasteiger partial charge in [0.2, 0.25) is 5.91 Å². The van der Waals surface area contributed by atoms with Gasteiger partial charge in [0.25, 0.3) is 0 Å². The molecule has 1 unspecified atom stereocenters. The molecule has 3 heteroatoms. The van der Waals surface area contributed by atoms with Crippen molar-refractivity contribution in [2.24, 2.45) is 0 Å². The van der Waals surface area contributed by atoms with E-state index in [1.807, 2.05) is 0 Å². The first-order valence-electron chi connectivity index (χ1n) is 5.18. The maximum Gasteiger partial charge on any atom is 0.238 e. The molecule has 0 aromatic heterocycles. The zero-order chi connectivity index (χ0) is 9.68. The summed E-state index contributed by atoms with van der Waals surface area (Å²) in [6.45, 7) is 2.15. The Hall–Kier alpha value is -0.240. The Morgan fingerprint density at radius 1 is 1.54 bits per heavy atom. The molecule has 0 heterocycles. The van der Waals surface area contributed by atoms with Crippen LogP contribution in [-0.2, 0) is 4.79 Å². The number of unbranched alkanes of at least 4 members (excludes halogenated alkanes) is 2. The standard InChI is InChI=1S/C10H18ClNO/c1-2-3-4-5-9(11)10(13)12-8-6-7-8/h8-9H,2-7H2,1H3,(H,12,13). The van der Waals surface area contributed by atoms with Gasteiger partial charge in [0.1, 0.15) is 5.38 Å². The van der Waals surface area contributed by atoms with E-state index in [0.29, 0.717) is 6.04 Å². The Labute approximate surface area is 85.0 Å². The summed E-state index contributed by atoms with van der Waals surface area (Å²) in [5.41, 5.74) is 0. The van der Waals surface area contributed by atoms with Crippen LogP contribution in [0.3, 0.4) is 0 Å². The lowest BCUT2D eigenvalue weighted by Crippen LogP contribution is -2.32. The monoisotopic (exact) mass is 203 g/mol. The molecular formula is C10H18ClNO. The fraction of sp³-hybridized carbons (Fsp3) is 0.900. The third kappa shape index (κ3) is 4.51. The fourth-order valence-corrected chi connectivity index (χ4v) is 1.44. The highest BCUT2D eigenvalue weighted by Gasteiger charge is 2.25. The molecule has 1 amide bonds. The molecule has 0 aromatic rings. The molecule has 1 aliphatic rings. The summed E-state index contributed by atoms with van der Waals surface area (Å²) in [7, 11) is 0. The molecule has 0 spiro atoms. The summed E-state index contributed by atoms with van der Waals surface area (Å²) in [5.74, 6) is 0.0280. The molecular weight excluding hydrogens is 186 g/mol. The van der Waals surface area contributed by atoms with Crippen LogP contribution in [0.2, 0.25) is 0 Å². The summed E-state index contributed by atoms with van der Waals surface area (Å²) >= 11 is 5.93. The molecule has 1 aliphatic carbocycles. The minimum atomic E-state index is -0.313. The molecule has 1 fully saturated rings. The van der Waals surface area contributed by atoms with E-state index in [9.17, 15) is 4.79 Å². The molecule has 2 nitrogen and oxygen atoms in total. The Balaban J connectivity index is 2.05. The molecule has 76 valence electrons. The third-order valence-corrected chi connectivity index (χ3v) is 2.69. The number of hydrogen-bond donors (Lipinski definition) is 1. The lowest BCUT2D eigenvalue weighted by Gasteiger charge is -2.08. The van der Waals surface area contributed by atoms with Gasteiger partial charge < -0.3 is 5.32 Å². The number of amides is 1. The van der Waals surface area contributed by atoms with E-state index in [-0.39, 0.29) is 11.3 Å². The number of alkyl halides is 1. The molecule has 1 rings (SSSR count). The van der Waals surface area contributed by atoms with Gasteiger partial charge in [-0.3, -0.25) is 4.79 Å². The number of carbonyl (C=O) groups excluding carboxylic acids is 1. The van der Waals surface area contributed by atoms with E-state index >= 15 is 0 Å². The SMILES string of the molecule is CCCCCC(Cl)C(=O)NC1CC1. The first kappa shape index (κ1) is 10.8. The summed E-state index contributed by atoms with van der Waals surface area (Å²) < 4.78 is 0. The molecule has 1 saturated carbocycles. The molecule has 0 radical (unpaired) electrons. The first-order valence-corrected chi connectivity index (χ1v) is 5.62. The van der Waals surface area contributed by atoms with Gasteiger partial charge in [-0.05, 0) is 19.3 Å². The second-order valence-electron chi connectivity index (χ2n) is 3.75. The fourth-order valence-electron chi connectivity index (χ4n) is 1.22. The number of carbonyl (C=O) groups is 1. The highest BCUT2D eigenvalue weighted by molar-refractivity contribution is 6.30. The quantitative estimate of drug-likeness (QED) is 0.522. The summed E-state index contributed by atoms with van der Waals surface area (Å²) in [4.78, 5) is 11.3. The minimum Gasteiger partial charge on any atom is -0.352 e. The summed E-state index contributed by atoms with van der Waals surface area (Å²) in [6.07, 6.45) is 6.47.